The van der Waals surface area contributed by atoms with E-state index in [0.717, 1.165) is 0 Å². The molecule has 0 fully saturated rings. The van der Waals surface area contributed by atoms with Gasteiger partial charge in [0, 0.05) is 17.8 Å². The highest BCUT2D eigenvalue weighted by Crippen LogP contribution is 2.19. The number of ether oxygens (including phenoxy) is 1. The molecule has 0 heterocycles. The van der Waals surface area contributed by atoms with E-state index in [1.807, 2.05) is 6.92 Å². The van der Waals surface area contributed by atoms with Gasteiger partial charge in [0.2, 0.25) is 0 Å². The highest BCUT2D eigenvalue weighted by molar-refractivity contribution is 7.92. The Hall–Kier alpha value is -3.07. The third-order valence-corrected chi connectivity index (χ3v) is 4.87. The fraction of sp³-hybridized carbons (Fsp3) is 0.222. The molecule has 0 aliphatic heterocycles. The van der Waals surface area contributed by atoms with Crippen LogP contribution in [0.25, 0.3) is 0 Å². The smallest absolute Gasteiger partial charge is 0.305 e. The Morgan fingerprint density at radius 2 is 1.67 bits per heavy atom. The van der Waals surface area contributed by atoms with Crippen molar-refractivity contribution < 1.29 is 27.9 Å². The van der Waals surface area contributed by atoms with Crippen molar-refractivity contribution in [3.8, 4) is 5.75 Å². The van der Waals surface area contributed by atoms with Crippen LogP contribution in [0.5, 0.6) is 5.75 Å². The summed E-state index contributed by atoms with van der Waals surface area (Å²) >= 11 is 0. The second-order valence-electron chi connectivity index (χ2n) is 5.49. The Balaban J connectivity index is 2.02. The van der Waals surface area contributed by atoms with E-state index >= 15 is 0 Å². The molecule has 0 atom stereocenters. The lowest BCUT2D eigenvalue weighted by atomic mass is 10.2. The maximum atomic E-state index is 12.4. The van der Waals surface area contributed by atoms with Gasteiger partial charge in [-0.15, -0.1) is 0 Å². The minimum absolute atomic E-state index is 0.0142. The first-order chi connectivity index (χ1) is 12.8. The fourth-order valence-electron chi connectivity index (χ4n) is 2.17. The van der Waals surface area contributed by atoms with Crippen molar-refractivity contribution >= 4 is 27.6 Å². The van der Waals surface area contributed by atoms with Crippen LogP contribution in [0.4, 0.5) is 5.69 Å². The molecule has 144 valence electrons. The van der Waals surface area contributed by atoms with Crippen molar-refractivity contribution in [3.05, 3.63) is 54.1 Å². The average Bonchev–Trinajstić information content (AvgIpc) is 2.62. The Bertz CT molecular complexity index is 892. The third kappa shape index (κ3) is 6.00. The lowest BCUT2D eigenvalue weighted by molar-refractivity contribution is -0.136. The van der Waals surface area contributed by atoms with Gasteiger partial charge in [-0.2, -0.15) is 0 Å². The number of anilines is 1. The molecule has 0 bridgehead atoms. The monoisotopic (exact) mass is 392 g/mol. The van der Waals surface area contributed by atoms with Crippen LogP contribution in [0.2, 0.25) is 0 Å². The number of hydrogen-bond donors (Lipinski definition) is 3. The molecule has 2 aromatic carbocycles. The molecular formula is C18H20N2O6S. The molecule has 0 saturated carbocycles. The first-order valence-corrected chi connectivity index (χ1v) is 9.66. The second kappa shape index (κ2) is 9.04. The normalized spacial score (nSPS) is 10.9. The lowest BCUT2D eigenvalue weighted by Gasteiger charge is -2.10. The summed E-state index contributed by atoms with van der Waals surface area (Å²) in [5.41, 5.74) is 0.593. The van der Waals surface area contributed by atoms with Gasteiger partial charge >= 0.3 is 5.97 Å². The molecular weight excluding hydrogens is 372 g/mol. The quantitative estimate of drug-likeness (QED) is 0.601. The van der Waals surface area contributed by atoms with E-state index in [1.54, 1.807) is 12.1 Å². The Kier molecular flexibility index (Phi) is 6.78. The van der Waals surface area contributed by atoms with Crippen molar-refractivity contribution in [1.29, 1.82) is 0 Å². The summed E-state index contributed by atoms with van der Waals surface area (Å²) < 4.78 is 32.5. The Labute approximate surface area is 157 Å². The fourth-order valence-corrected chi connectivity index (χ4v) is 3.23. The van der Waals surface area contributed by atoms with E-state index in [-0.39, 0.29) is 17.9 Å². The Morgan fingerprint density at radius 1 is 1.04 bits per heavy atom. The molecule has 8 nitrogen and oxygen atoms in total. The van der Waals surface area contributed by atoms with Crippen LogP contribution in [-0.2, 0) is 14.8 Å². The topological polar surface area (TPSA) is 122 Å². The van der Waals surface area contributed by atoms with Gasteiger partial charge in [-0.25, -0.2) is 8.42 Å². The van der Waals surface area contributed by atoms with E-state index < -0.39 is 21.9 Å². The minimum atomic E-state index is -3.77. The molecule has 9 heteroatoms. The molecule has 0 spiro atoms. The van der Waals surface area contributed by atoms with Gasteiger partial charge in [0.15, 0.2) is 0 Å². The van der Waals surface area contributed by atoms with Gasteiger partial charge in [-0.05, 0) is 55.5 Å². The summed E-state index contributed by atoms with van der Waals surface area (Å²) in [4.78, 5) is 22.4. The number of benzene rings is 2. The van der Waals surface area contributed by atoms with Crippen LogP contribution >= 0.6 is 0 Å². The van der Waals surface area contributed by atoms with Crippen molar-refractivity contribution in [2.45, 2.75) is 18.2 Å². The van der Waals surface area contributed by atoms with Crippen molar-refractivity contribution in [2.24, 2.45) is 0 Å². The molecule has 0 aliphatic carbocycles. The molecule has 0 saturated heterocycles. The van der Waals surface area contributed by atoms with Crippen molar-refractivity contribution in [3.63, 3.8) is 0 Å². The summed E-state index contributed by atoms with van der Waals surface area (Å²) in [5, 5.41) is 11.0. The van der Waals surface area contributed by atoms with Crippen LogP contribution in [0.3, 0.4) is 0 Å². The number of carbonyl (C=O) groups is 2. The van der Waals surface area contributed by atoms with E-state index in [4.69, 9.17) is 9.84 Å². The molecule has 3 N–H and O–H groups in total. The molecule has 1 amide bonds. The number of sulfonamides is 1. The first kappa shape index (κ1) is 20.2. The zero-order chi connectivity index (χ0) is 19.9. The zero-order valence-corrected chi connectivity index (χ0v) is 15.5. The summed E-state index contributed by atoms with van der Waals surface area (Å²) in [6, 6.07) is 11.8. The predicted molar refractivity (Wildman–Crippen MR) is 99.4 cm³/mol. The molecule has 2 aromatic rings. The number of carboxylic acid groups (broad SMARTS) is 1. The number of amides is 1. The number of hydrogen-bond acceptors (Lipinski definition) is 5. The van der Waals surface area contributed by atoms with Gasteiger partial charge in [0.25, 0.3) is 15.9 Å². The van der Waals surface area contributed by atoms with Crippen molar-refractivity contribution in [1.82, 2.24) is 5.32 Å². The summed E-state index contributed by atoms with van der Waals surface area (Å²) in [7, 11) is -3.77. The van der Waals surface area contributed by atoms with E-state index in [2.05, 4.69) is 10.0 Å². The number of carbonyl (C=O) groups excluding carboxylic acids is 1. The molecule has 0 aliphatic rings. The van der Waals surface area contributed by atoms with Gasteiger partial charge < -0.3 is 15.2 Å². The maximum absolute atomic E-state index is 12.4. The highest BCUT2D eigenvalue weighted by atomic mass is 32.2. The standard InChI is InChI=1S/C18H20N2O6S/c1-2-26-15-7-9-16(10-8-15)27(24,25)20-14-5-3-13(4-6-14)18(23)19-12-11-17(21)22/h3-10,20H,2,11-12H2,1H3,(H,19,23)(H,21,22). The van der Waals surface area contributed by atoms with E-state index in [9.17, 15) is 18.0 Å². The number of rotatable bonds is 9. The van der Waals surface area contributed by atoms with Gasteiger partial charge in [0.05, 0.1) is 17.9 Å². The first-order valence-electron chi connectivity index (χ1n) is 8.17. The van der Waals surface area contributed by atoms with Crippen molar-refractivity contribution in [2.75, 3.05) is 17.9 Å². The van der Waals surface area contributed by atoms with Crippen LogP contribution in [0.1, 0.15) is 23.7 Å². The molecule has 0 unspecified atom stereocenters. The summed E-state index contributed by atoms with van der Waals surface area (Å²) in [5.74, 6) is -0.860. The van der Waals surface area contributed by atoms with Crippen LogP contribution in [0.15, 0.2) is 53.4 Å². The molecule has 27 heavy (non-hydrogen) atoms. The summed E-state index contributed by atoms with van der Waals surface area (Å²) in [6.07, 6.45) is -0.175. The second-order valence-corrected chi connectivity index (χ2v) is 7.17. The molecule has 0 aromatic heterocycles. The average molecular weight is 392 g/mol. The van der Waals surface area contributed by atoms with E-state index in [1.165, 1.54) is 36.4 Å². The molecule has 0 radical (unpaired) electrons. The third-order valence-electron chi connectivity index (χ3n) is 3.47. The number of nitrogens with one attached hydrogen (secondary N) is 2. The van der Waals surface area contributed by atoms with Gasteiger partial charge in [-0.1, -0.05) is 0 Å². The van der Waals surface area contributed by atoms with Crippen LogP contribution in [-0.4, -0.2) is 38.6 Å². The SMILES string of the molecule is CCOc1ccc(S(=O)(=O)Nc2ccc(C(=O)NCCC(=O)O)cc2)cc1. The summed E-state index contributed by atoms with van der Waals surface area (Å²) in [6.45, 7) is 2.34. The minimum Gasteiger partial charge on any atom is -0.494 e. The van der Waals surface area contributed by atoms with Gasteiger partial charge in [-0.3, -0.25) is 14.3 Å². The van der Waals surface area contributed by atoms with Crippen LogP contribution in [0, 0.1) is 0 Å². The Morgan fingerprint density at radius 3 is 2.22 bits per heavy atom. The zero-order valence-electron chi connectivity index (χ0n) is 14.6. The lowest BCUT2D eigenvalue weighted by Crippen LogP contribution is -2.25. The predicted octanol–water partition coefficient (Wildman–Crippen LogP) is 2.09. The number of aliphatic carboxylic acids is 1. The number of carboxylic acids is 1. The maximum Gasteiger partial charge on any atom is 0.305 e. The van der Waals surface area contributed by atoms with Crippen LogP contribution < -0.4 is 14.8 Å². The van der Waals surface area contributed by atoms with E-state index in [0.29, 0.717) is 23.6 Å². The molecule has 2 rings (SSSR count). The van der Waals surface area contributed by atoms with Gasteiger partial charge in [0.1, 0.15) is 5.75 Å². The largest absolute Gasteiger partial charge is 0.494 e. The highest BCUT2D eigenvalue weighted by Gasteiger charge is 2.15.